The molecule has 0 bridgehead atoms. The van der Waals surface area contributed by atoms with E-state index in [1.54, 1.807) is 12.3 Å². The van der Waals surface area contributed by atoms with E-state index in [-0.39, 0.29) is 10.7 Å². The normalized spacial score (nSPS) is 17.8. The van der Waals surface area contributed by atoms with Gasteiger partial charge in [-0.2, -0.15) is 0 Å². The third-order valence-electron chi connectivity index (χ3n) is 3.98. The van der Waals surface area contributed by atoms with Crippen molar-refractivity contribution in [1.82, 2.24) is 10.3 Å². The largest absolute Gasteiger partial charge is 0.384 e. The van der Waals surface area contributed by atoms with E-state index in [0.717, 1.165) is 26.1 Å². The summed E-state index contributed by atoms with van der Waals surface area (Å²) in [5.74, 6) is -0.0921. The maximum atomic E-state index is 14.4. The molecule has 1 aliphatic heterocycles. The number of hydrogen-bond acceptors (Lipinski definition) is 6. The van der Waals surface area contributed by atoms with Crippen LogP contribution in [0.3, 0.4) is 0 Å². The molecule has 0 saturated carbocycles. The first kappa shape index (κ1) is 17.1. The Labute approximate surface area is 144 Å². The molecule has 0 amide bonds. The molecule has 1 aliphatic rings. The number of halogens is 1. The molecule has 0 aliphatic carbocycles. The van der Waals surface area contributed by atoms with Crippen molar-refractivity contribution in [2.45, 2.75) is 18.2 Å². The first-order valence-electron chi connectivity index (χ1n) is 7.61. The van der Waals surface area contributed by atoms with E-state index < -0.39 is 15.8 Å². The molecule has 0 radical (unpaired) electrons. The number of thiazole rings is 1. The highest BCUT2D eigenvalue weighted by atomic mass is 32.2. The van der Waals surface area contributed by atoms with Gasteiger partial charge in [-0.05, 0) is 50.0 Å². The Hall–Kier alpha value is -1.71. The van der Waals surface area contributed by atoms with Crippen molar-refractivity contribution in [1.29, 1.82) is 0 Å². The third kappa shape index (κ3) is 3.85. The zero-order valence-electron chi connectivity index (χ0n) is 13.2. The second-order valence-electron chi connectivity index (χ2n) is 5.82. The summed E-state index contributed by atoms with van der Waals surface area (Å²) < 4.78 is 41.3. The van der Waals surface area contributed by atoms with Crippen LogP contribution in [-0.2, 0) is 10.0 Å². The van der Waals surface area contributed by atoms with Gasteiger partial charge >= 0.3 is 0 Å². The van der Waals surface area contributed by atoms with Crippen LogP contribution >= 0.6 is 11.3 Å². The molecule has 3 rings (SSSR count). The van der Waals surface area contributed by atoms with Crippen LogP contribution in [0.2, 0.25) is 0 Å². The first-order chi connectivity index (χ1) is 11.5. The van der Waals surface area contributed by atoms with Crippen LogP contribution in [0.4, 0.5) is 15.9 Å². The van der Waals surface area contributed by atoms with Crippen LogP contribution in [-0.4, -0.2) is 33.0 Å². The van der Waals surface area contributed by atoms with E-state index in [9.17, 15) is 12.8 Å². The fraction of sp³-hybridized carbons (Fsp3) is 0.400. The molecule has 6 nitrogen and oxygen atoms in total. The lowest BCUT2D eigenvalue weighted by atomic mass is 10.1. The average molecular weight is 370 g/mol. The highest BCUT2D eigenvalue weighted by Crippen LogP contribution is 2.25. The van der Waals surface area contributed by atoms with E-state index in [1.165, 1.54) is 29.0 Å². The minimum absolute atomic E-state index is 0.188. The fourth-order valence-corrected chi connectivity index (χ4v) is 4.35. The molecule has 1 saturated heterocycles. The SMILES string of the molecule is Cc1cc(S(=O)(=O)Nc2cscn2)c(F)cc1NC[C@H]1CCNC1. The van der Waals surface area contributed by atoms with E-state index in [4.69, 9.17) is 0 Å². The van der Waals surface area contributed by atoms with Crippen molar-refractivity contribution in [3.8, 4) is 0 Å². The molecule has 0 spiro atoms. The summed E-state index contributed by atoms with van der Waals surface area (Å²) in [5.41, 5.74) is 2.80. The van der Waals surface area contributed by atoms with Crippen molar-refractivity contribution in [3.05, 3.63) is 34.4 Å². The molecule has 2 aromatic rings. The van der Waals surface area contributed by atoms with Gasteiger partial charge in [0.25, 0.3) is 10.0 Å². The number of aromatic nitrogens is 1. The maximum Gasteiger partial charge on any atom is 0.266 e. The van der Waals surface area contributed by atoms with Crippen molar-refractivity contribution in [2.24, 2.45) is 5.92 Å². The molecular formula is C15H19FN4O2S2. The number of benzene rings is 1. The van der Waals surface area contributed by atoms with Crippen LogP contribution in [0.5, 0.6) is 0 Å². The van der Waals surface area contributed by atoms with Crippen molar-refractivity contribution in [2.75, 3.05) is 29.7 Å². The highest BCUT2D eigenvalue weighted by Gasteiger charge is 2.22. The predicted octanol–water partition coefficient (Wildman–Crippen LogP) is 2.41. The lowest BCUT2D eigenvalue weighted by Crippen LogP contribution is -2.18. The molecule has 1 atom stereocenters. The summed E-state index contributed by atoms with van der Waals surface area (Å²) in [7, 11) is -4.00. The number of hydrogen-bond donors (Lipinski definition) is 3. The molecule has 130 valence electrons. The minimum Gasteiger partial charge on any atom is -0.384 e. The highest BCUT2D eigenvalue weighted by molar-refractivity contribution is 7.92. The molecule has 3 N–H and O–H groups in total. The summed E-state index contributed by atoms with van der Waals surface area (Å²) in [4.78, 5) is 3.48. The molecule has 1 fully saturated rings. The van der Waals surface area contributed by atoms with Crippen LogP contribution in [0.25, 0.3) is 0 Å². The topological polar surface area (TPSA) is 83.1 Å². The Morgan fingerprint density at radius 2 is 2.29 bits per heavy atom. The smallest absolute Gasteiger partial charge is 0.266 e. The zero-order valence-corrected chi connectivity index (χ0v) is 14.8. The molecule has 24 heavy (non-hydrogen) atoms. The quantitative estimate of drug-likeness (QED) is 0.727. The first-order valence-corrected chi connectivity index (χ1v) is 10.0. The lowest BCUT2D eigenvalue weighted by molar-refractivity contribution is 0.569. The second kappa shape index (κ2) is 7.04. The van der Waals surface area contributed by atoms with Gasteiger partial charge < -0.3 is 10.6 Å². The van der Waals surface area contributed by atoms with Gasteiger partial charge in [0.1, 0.15) is 10.7 Å². The van der Waals surface area contributed by atoms with Gasteiger partial charge in [-0.3, -0.25) is 4.72 Å². The van der Waals surface area contributed by atoms with Gasteiger partial charge in [-0.1, -0.05) is 0 Å². The Morgan fingerprint density at radius 3 is 2.96 bits per heavy atom. The van der Waals surface area contributed by atoms with Crippen LogP contribution < -0.4 is 15.4 Å². The molecule has 1 aromatic carbocycles. The number of rotatable bonds is 6. The van der Waals surface area contributed by atoms with E-state index in [1.807, 2.05) is 0 Å². The van der Waals surface area contributed by atoms with E-state index in [2.05, 4.69) is 20.3 Å². The number of nitrogens with one attached hydrogen (secondary N) is 3. The Balaban J connectivity index is 1.78. The molecule has 0 unspecified atom stereocenters. The van der Waals surface area contributed by atoms with Gasteiger partial charge in [0.15, 0.2) is 5.82 Å². The number of nitrogens with zero attached hydrogens (tertiary/aromatic N) is 1. The summed E-state index contributed by atoms with van der Waals surface area (Å²) in [6, 6.07) is 2.59. The monoisotopic (exact) mass is 370 g/mol. The molecule has 9 heteroatoms. The van der Waals surface area contributed by atoms with Gasteiger partial charge in [0.05, 0.1) is 5.51 Å². The maximum absolute atomic E-state index is 14.4. The Kier molecular flexibility index (Phi) is 5.02. The number of aryl methyl sites for hydroxylation is 1. The number of sulfonamides is 1. The van der Waals surface area contributed by atoms with Crippen molar-refractivity contribution >= 4 is 32.9 Å². The van der Waals surface area contributed by atoms with Crippen LogP contribution in [0.15, 0.2) is 27.9 Å². The Bertz CT molecular complexity index is 803. The predicted molar refractivity (Wildman–Crippen MR) is 93.5 cm³/mol. The molecule has 1 aromatic heterocycles. The van der Waals surface area contributed by atoms with Gasteiger partial charge in [0.2, 0.25) is 0 Å². The summed E-state index contributed by atoms with van der Waals surface area (Å²) in [5, 5.41) is 8.04. The standard InChI is InChI=1S/C15H19FN4O2S2/c1-10-4-14(24(21,22)20-15-8-23-9-19-15)12(16)5-13(10)18-7-11-2-3-17-6-11/h4-5,8-9,11,17-18,20H,2-3,6-7H2,1H3/t11-/m0/s1. The van der Waals surface area contributed by atoms with Gasteiger partial charge in [0, 0.05) is 17.6 Å². The average Bonchev–Trinajstić information content (AvgIpc) is 3.20. The van der Waals surface area contributed by atoms with Gasteiger partial charge in [-0.25, -0.2) is 17.8 Å². The summed E-state index contributed by atoms with van der Waals surface area (Å²) >= 11 is 1.26. The molecular weight excluding hydrogens is 351 g/mol. The fourth-order valence-electron chi connectivity index (χ4n) is 2.65. The summed E-state index contributed by atoms with van der Waals surface area (Å²) in [6.45, 7) is 4.44. The van der Waals surface area contributed by atoms with Crippen molar-refractivity contribution in [3.63, 3.8) is 0 Å². The zero-order chi connectivity index (χ0) is 17.2. The van der Waals surface area contributed by atoms with Crippen LogP contribution in [0.1, 0.15) is 12.0 Å². The minimum atomic E-state index is -4.00. The Morgan fingerprint density at radius 1 is 1.46 bits per heavy atom. The number of anilines is 2. The van der Waals surface area contributed by atoms with Crippen molar-refractivity contribution < 1.29 is 12.8 Å². The lowest BCUT2D eigenvalue weighted by Gasteiger charge is -2.15. The molecule has 2 heterocycles. The van der Waals surface area contributed by atoms with E-state index >= 15 is 0 Å². The summed E-state index contributed by atoms with van der Waals surface area (Å²) in [6.07, 6.45) is 1.08. The second-order valence-corrected chi connectivity index (χ2v) is 8.19. The van der Waals surface area contributed by atoms with E-state index in [0.29, 0.717) is 17.2 Å². The van der Waals surface area contributed by atoms with Gasteiger partial charge in [-0.15, -0.1) is 11.3 Å². The third-order valence-corrected chi connectivity index (χ3v) is 5.94. The van der Waals surface area contributed by atoms with Crippen LogP contribution in [0, 0.1) is 18.7 Å².